The summed E-state index contributed by atoms with van der Waals surface area (Å²) < 4.78 is 2.05. The average Bonchev–Trinajstić information content (AvgIpc) is 2.64. The van der Waals surface area contributed by atoms with Crippen LogP contribution in [0.5, 0.6) is 0 Å². The van der Waals surface area contributed by atoms with Gasteiger partial charge < -0.3 is 25.6 Å². The fourth-order valence-corrected chi connectivity index (χ4v) is 1.69. The second kappa shape index (κ2) is 16.3. The molecule has 3 nitrogen and oxygen atoms in total. The summed E-state index contributed by atoms with van der Waals surface area (Å²) in [6, 6.07) is 13.9. The van der Waals surface area contributed by atoms with Gasteiger partial charge in [-0.2, -0.15) is 6.92 Å². The Labute approximate surface area is 177 Å². The number of nitrogens with zero attached hydrogens (tertiary/aromatic N) is 1. The Balaban J connectivity index is 0. The fraction of sp³-hybridized carbons (Fsp3) is 0.238. The Morgan fingerprint density at radius 1 is 0.920 bits per heavy atom. The number of Topliss-reactive ketones (excluding diaryl/α,β-unsaturated/α-hetero) is 2. The van der Waals surface area contributed by atoms with Crippen molar-refractivity contribution < 1.29 is 46.9 Å². The Bertz CT molecular complexity index is 595. The van der Waals surface area contributed by atoms with Gasteiger partial charge in [0.2, 0.25) is 0 Å². The summed E-state index contributed by atoms with van der Waals surface area (Å²) in [4.78, 5) is 21.2. The number of rotatable bonds is 5. The maximum absolute atomic E-state index is 11.4. The van der Waals surface area contributed by atoms with Crippen LogP contribution in [0.4, 0.5) is 0 Å². The summed E-state index contributed by atoms with van der Waals surface area (Å²) in [5.74, 6) is 0.224. The van der Waals surface area contributed by atoms with Crippen molar-refractivity contribution in [3.05, 3.63) is 86.8 Å². The van der Waals surface area contributed by atoms with E-state index in [9.17, 15) is 9.59 Å². The van der Waals surface area contributed by atoms with Gasteiger partial charge in [-0.3, -0.25) is 4.79 Å². The third-order valence-corrected chi connectivity index (χ3v) is 3.00. The Morgan fingerprint density at radius 2 is 1.40 bits per heavy atom. The van der Waals surface area contributed by atoms with Gasteiger partial charge >= 0.3 is 32.7 Å². The van der Waals surface area contributed by atoms with Crippen molar-refractivity contribution in [3.63, 3.8) is 0 Å². The first-order valence-electron chi connectivity index (χ1n) is 7.91. The van der Waals surface area contributed by atoms with Crippen molar-refractivity contribution >= 4 is 11.6 Å². The molecule has 0 spiro atoms. The second-order valence-electron chi connectivity index (χ2n) is 4.87. The third-order valence-electron chi connectivity index (χ3n) is 3.00. The summed E-state index contributed by atoms with van der Waals surface area (Å²) in [5, 5.41) is 0. The summed E-state index contributed by atoms with van der Waals surface area (Å²) in [6.45, 7) is 14.3. The Hall–Kier alpha value is -1.19. The molecule has 0 saturated heterocycles. The van der Waals surface area contributed by atoms with Gasteiger partial charge in [0.05, 0.1) is 5.78 Å². The van der Waals surface area contributed by atoms with Crippen LogP contribution in [-0.4, -0.2) is 11.6 Å². The van der Waals surface area contributed by atoms with E-state index in [1.807, 2.05) is 42.7 Å². The standard InChI is InChI=1S/C15H15NO.C4H7O.C2H5.Y/c1-2-15(17)14-8-10-16(11-9-14)12-13-6-4-3-5-7-13;1-3-4(2)5;1-2;/h3-11H,1-2,12H2;1,3H2,2H3;1H2,2H3;/q;2*-1;+3. The van der Waals surface area contributed by atoms with Crippen LogP contribution in [0.1, 0.15) is 42.6 Å². The number of benzene rings is 1. The average molecular weight is 414 g/mol. The van der Waals surface area contributed by atoms with E-state index in [1.165, 1.54) is 12.5 Å². The van der Waals surface area contributed by atoms with Crippen molar-refractivity contribution in [2.75, 3.05) is 0 Å². The molecule has 0 bridgehead atoms. The number of aromatic nitrogens is 1. The van der Waals surface area contributed by atoms with E-state index in [0.717, 1.165) is 12.1 Å². The maximum atomic E-state index is 11.4. The molecule has 0 saturated carbocycles. The van der Waals surface area contributed by atoms with Crippen LogP contribution in [0.25, 0.3) is 0 Å². The van der Waals surface area contributed by atoms with Gasteiger partial charge in [0.1, 0.15) is 5.78 Å². The van der Waals surface area contributed by atoms with Crippen LogP contribution in [0, 0.1) is 20.8 Å². The zero-order valence-electron chi connectivity index (χ0n) is 15.3. The quantitative estimate of drug-likeness (QED) is 0.420. The zero-order chi connectivity index (χ0) is 18.4. The van der Waals surface area contributed by atoms with Crippen LogP contribution in [0.15, 0.2) is 54.9 Å². The summed E-state index contributed by atoms with van der Waals surface area (Å²) >= 11 is 0. The Kier molecular flexibility index (Phi) is 17.0. The fourth-order valence-electron chi connectivity index (χ4n) is 1.69. The first-order valence-corrected chi connectivity index (χ1v) is 7.91. The molecule has 0 radical (unpaired) electrons. The molecule has 0 aliphatic rings. The maximum Gasteiger partial charge on any atom is 3.00 e. The molecule has 1 heterocycles. The van der Waals surface area contributed by atoms with E-state index < -0.39 is 0 Å². The summed E-state index contributed by atoms with van der Waals surface area (Å²) in [6.07, 6.45) is 4.58. The van der Waals surface area contributed by atoms with Crippen molar-refractivity contribution in [2.45, 2.75) is 33.2 Å². The number of pyridine rings is 1. The van der Waals surface area contributed by atoms with Crippen molar-refractivity contribution in [3.8, 4) is 0 Å². The topological polar surface area (TPSA) is 38.0 Å². The smallest absolute Gasteiger partial charge is 0.346 e. The molecule has 4 heteroatoms. The van der Waals surface area contributed by atoms with Crippen molar-refractivity contribution in [1.29, 1.82) is 0 Å². The van der Waals surface area contributed by atoms with Crippen molar-refractivity contribution in [2.24, 2.45) is 0 Å². The molecule has 1 aromatic carbocycles. The largest absolute Gasteiger partial charge is 3.00 e. The molecule has 0 aliphatic heterocycles. The van der Waals surface area contributed by atoms with Crippen LogP contribution >= 0.6 is 0 Å². The molecule has 2 rings (SSSR count). The molecular weight excluding hydrogens is 387 g/mol. The first-order chi connectivity index (χ1) is 11.6. The van der Waals surface area contributed by atoms with Gasteiger partial charge in [-0.05, 0) is 6.92 Å². The zero-order valence-corrected chi connectivity index (χ0v) is 18.1. The summed E-state index contributed by atoms with van der Waals surface area (Å²) in [5.41, 5.74) is 1.97. The molecule has 2 aromatic rings. The minimum Gasteiger partial charge on any atom is -0.346 e. The number of carbonyl (C=O) groups excluding carboxylic acids is 2. The van der Waals surface area contributed by atoms with E-state index >= 15 is 0 Å². The minimum atomic E-state index is 0. The van der Waals surface area contributed by atoms with E-state index in [2.05, 4.69) is 37.5 Å². The van der Waals surface area contributed by atoms with E-state index in [1.54, 1.807) is 6.92 Å². The normalized spacial score (nSPS) is 8.68. The van der Waals surface area contributed by atoms with Crippen LogP contribution in [0.3, 0.4) is 0 Å². The molecule has 0 amide bonds. The third kappa shape index (κ3) is 11.9. The molecule has 0 fully saturated rings. The van der Waals surface area contributed by atoms with Gasteiger partial charge in [-0.25, -0.2) is 4.57 Å². The molecule has 0 unspecified atom stereocenters. The first kappa shape index (κ1) is 26.0. The number of carbonyl (C=O) groups is 2. The predicted molar refractivity (Wildman–Crippen MR) is 98.2 cm³/mol. The molecule has 130 valence electrons. The number of hydrogen-bond donors (Lipinski definition) is 0. The van der Waals surface area contributed by atoms with Gasteiger partial charge in [0, 0.05) is 23.3 Å². The molecule has 1 aromatic heterocycles. The van der Waals surface area contributed by atoms with Crippen LogP contribution in [-0.2, 0) is 44.0 Å². The predicted octanol–water partition coefficient (Wildman–Crippen LogP) is 4.07. The van der Waals surface area contributed by atoms with Crippen LogP contribution in [0.2, 0.25) is 0 Å². The van der Waals surface area contributed by atoms with E-state index in [-0.39, 0.29) is 44.3 Å². The second-order valence-corrected chi connectivity index (χ2v) is 4.87. The van der Waals surface area contributed by atoms with Crippen molar-refractivity contribution in [1.82, 2.24) is 0 Å². The van der Waals surface area contributed by atoms with Gasteiger partial charge in [-0.15, -0.1) is 12.8 Å². The van der Waals surface area contributed by atoms with E-state index in [4.69, 9.17) is 0 Å². The Morgan fingerprint density at radius 3 is 1.80 bits per heavy atom. The monoisotopic (exact) mass is 414 g/mol. The SMILES string of the molecule is [CH2-]C.[CH2-]CC(=O)c1cc[n+](Cc2ccccc2)cc1.[CH2-]CC(C)=O.[Y+3]. The van der Waals surface area contributed by atoms with E-state index in [0.29, 0.717) is 12.8 Å². The van der Waals surface area contributed by atoms with Gasteiger partial charge in [-0.1, -0.05) is 30.3 Å². The molecular formula is C21H27NO2Y+. The van der Waals surface area contributed by atoms with Gasteiger partial charge in [0.25, 0.3) is 0 Å². The molecule has 0 N–H and O–H groups in total. The molecule has 0 aliphatic carbocycles. The molecule has 25 heavy (non-hydrogen) atoms. The minimum absolute atomic E-state index is 0. The summed E-state index contributed by atoms with van der Waals surface area (Å²) in [7, 11) is 0. The molecule has 0 atom stereocenters. The van der Waals surface area contributed by atoms with Crippen LogP contribution < -0.4 is 4.57 Å². The van der Waals surface area contributed by atoms with Gasteiger partial charge in [0.15, 0.2) is 18.9 Å². The number of hydrogen-bond acceptors (Lipinski definition) is 2. The number of ketones is 2.